The van der Waals surface area contributed by atoms with Crippen molar-refractivity contribution < 1.29 is 18.3 Å². The van der Waals surface area contributed by atoms with Crippen molar-refractivity contribution in [2.75, 3.05) is 6.61 Å². The van der Waals surface area contributed by atoms with E-state index in [0.717, 1.165) is 34.4 Å². The molecule has 7 heteroatoms. The highest BCUT2D eigenvalue weighted by molar-refractivity contribution is 5.75. The molecule has 3 aromatic carbocycles. The molecule has 0 radical (unpaired) electrons. The zero-order chi connectivity index (χ0) is 23.8. The largest absolute Gasteiger partial charge is 0.416 e. The van der Waals surface area contributed by atoms with Gasteiger partial charge in [-0.05, 0) is 66.3 Å². The second-order valence-electron chi connectivity index (χ2n) is 8.80. The minimum Gasteiger partial charge on any atom is -0.396 e. The molecule has 0 fully saturated rings. The van der Waals surface area contributed by atoms with E-state index in [4.69, 9.17) is 0 Å². The monoisotopic (exact) mass is 453 g/mol. The van der Waals surface area contributed by atoms with Gasteiger partial charge in [0.25, 0.3) is 0 Å². The van der Waals surface area contributed by atoms with Crippen molar-refractivity contribution in [2.45, 2.75) is 45.2 Å². The third kappa shape index (κ3) is 4.50. The van der Waals surface area contributed by atoms with Crippen LogP contribution >= 0.6 is 0 Å². The number of rotatable bonds is 6. The summed E-state index contributed by atoms with van der Waals surface area (Å²) in [6, 6.07) is 17.6. The summed E-state index contributed by atoms with van der Waals surface area (Å²) in [5.41, 5.74) is 4.42. The normalized spacial score (nSPS) is 12.5. The first-order valence-corrected chi connectivity index (χ1v) is 10.9. The molecule has 0 aliphatic heterocycles. The number of hydrogen-bond acceptors (Lipinski definition) is 3. The molecular weight excluding hydrogens is 427 g/mol. The second kappa shape index (κ2) is 8.63. The lowest BCUT2D eigenvalue weighted by molar-refractivity contribution is -0.137. The summed E-state index contributed by atoms with van der Waals surface area (Å²) in [5.74, 6) is 0. The van der Waals surface area contributed by atoms with Crippen LogP contribution in [0.15, 0.2) is 60.7 Å². The number of halogens is 3. The van der Waals surface area contributed by atoms with Gasteiger partial charge in [-0.1, -0.05) is 50.2 Å². The number of nitrogens with zero attached hydrogens (tertiary/aromatic N) is 3. The Bertz CT molecular complexity index is 1280. The fourth-order valence-electron chi connectivity index (χ4n) is 4.25. The molecule has 4 aromatic rings. The first-order chi connectivity index (χ1) is 15.6. The summed E-state index contributed by atoms with van der Waals surface area (Å²) >= 11 is 0. The SMILES string of the molecule is Cc1c(-n2nc3ccc(C(F)(F)F)cc3n2)cc(CCCO)cc1C(C)(C)c1ccccc1. The number of fused-ring (bicyclic) bond motifs is 1. The molecule has 0 saturated heterocycles. The maximum Gasteiger partial charge on any atom is 0.416 e. The molecule has 0 bridgehead atoms. The molecule has 0 atom stereocenters. The second-order valence-corrected chi connectivity index (χ2v) is 8.80. The number of alkyl halides is 3. The van der Waals surface area contributed by atoms with E-state index in [2.05, 4.69) is 42.2 Å². The zero-order valence-corrected chi connectivity index (χ0v) is 18.8. The smallest absolute Gasteiger partial charge is 0.396 e. The van der Waals surface area contributed by atoms with Crippen molar-refractivity contribution in [3.05, 3.63) is 88.5 Å². The molecule has 4 nitrogen and oxygen atoms in total. The Balaban J connectivity index is 1.88. The Hall–Kier alpha value is -3.19. The highest BCUT2D eigenvalue weighted by atomic mass is 19.4. The van der Waals surface area contributed by atoms with Crippen LogP contribution in [0.1, 0.15) is 48.1 Å². The van der Waals surface area contributed by atoms with E-state index in [9.17, 15) is 18.3 Å². The third-order valence-corrected chi connectivity index (χ3v) is 6.16. The van der Waals surface area contributed by atoms with Crippen LogP contribution in [0.4, 0.5) is 13.2 Å². The molecule has 0 amide bonds. The van der Waals surface area contributed by atoms with Crippen LogP contribution < -0.4 is 0 Å². The molecule has 1 heterocycles. The maximum absolute atomic E-state index is 13.2. The van der Waals surface area contributed by atoms with Gasteiger partial charge in [0.15, 0.2) is 0 Å². The van der Waals surface area contributed by atoms with Crippen LogP contribution in [0, 0.1) is 6.92 Å². The van der Waals surface area contributed by atoms with Gasteiger partial charge in [-0.2, -0.15) is 18.0 Å². The first kappa shape index (κ1) is 23.0. The van der Waals surface area contributed by atoms with Gasteiger partial charge in [0.1, 0.15) is 11.0 Å². The molecule has 0 unspecified atom stereocenters. The minimum atomic E-state index is -4.44. The molecule has 172 valence electrons. The standard InChI is InChI=1S/C26H26F3N3O/c1-17-21(25(2,3)19-9-5-4-6-10-19)14-18(8-7-13-33)15-24(17)32-30-22-12-11-20(26(27,28)29)16-23(22)31-32/h4-6,9-12,14-16,33H,7-8,13H2,1-3H3. The van der Waals surface area contributed by atoms with Crippen molar-refractivity contribution in [1.29, 1.82) is 0 Å². The van der Waals surface area contributed by atoms with E-state index in [1.165, 1.54) is 10.9 Å². The van der Waals surface area contributed by atoms with E-state index in [1.54, 1.807) is 0 Å². The molecular formula is C26H26F3N3O. The summed E-state index contributed by atoms with van der Waals surface area (Å²) < 4.78 is 39.5. The molecule has 4 rings (SSSR count). The lowest BCUT2D eigenvalue weighted by Crippen LogP contribution is -2.22. The number of benzene rings is 3. The van der Waals surface area contributed by atoms with Gasteiger partial charge in [0, 0.05) is 12.0 Å². The van der Waals surface area contributed by atoms with Gasteiger partial charge in [0.2, 0.25) is 0 Å². The third-order valence-electron chi connectivity index (χ3n) is 6.16. The lowest BCUT2D eigenvalue weighted by Gasteiger charge is -2.29. The molecule has 1 aromatic heterocycles. The summed E-state index contributed by atoms with van der Waals surface area (Å²) in [5, 5.41) is 18.2. The van der Waals surface area contributed by atoms with Gasteiger partial charge in [-0.25, -0.2) is 0 Å². The van der Waals surface area contributed by atoms with Crippen LogP contribution in [0.2, 0.25) is 0 Å². The molecule has 0 aliphatic rings. The molecule has 33 heavy (non-hydrogen) atoms. The Morgan fingerprint density at radius 1 is 0.879 bits per heavy atom. The van der Waals surface area contributed by atoms with Crippen LogP contribution in [0.5, 0.6) is 0 Å². The Morgan fingerprint density at radius 3 is 2.24 bits per heavy atom. The van der Waals surface area contributed by atoms with Crippen molar-refractivity contribution in [2.24, 2.45) is 0 Å². The van der Waals surface area contributed by atoms with Crippen LogP contribution in [0.25, 0.3) is 16.7 Å². The quantitative estimate of drug-likeness (QED) is 0.390. The fourth-order valence-corrected chi connectivity index (χ4v) is 4.25. The predicted molar refractivity (Wildman–Crippen MR) is 123 cm³/mol. The van der Waals surface area contributed by atoms with Gasteiger partial charge < -0.3 is 5.11 Å². The van der Waals surface area contributed by atoms with Crippen molar-refractivity contribution in [3.8, 4) is 5.69 Å². The summed E-state index contributed by atoms with van der Waals surface area (Å²) in [4.78, 5) is 1.42. The minimum absolute atomic E-state index is 0.0742. The zero-order valence-electron chi connectivity index (χ0n) is 18.8. The number of aliphatic hydroxyl groups excluding tert-OH is 1. The van der Waals surface area contributed by atoms with Crippen LogP contribution in [0.3, 0.4) is 0 Å². The van der Waals surface area contributed by atoms with Gasteiger partial charge in [0.05, 0.1) is 11.3 Å². The van der Waals surface area contributed by atoms with E-state index < -0.39 is 11.7 Å². The topological polar surface area (TPSA) is 50.9 Å². The van der Waals surface area contributed by atoms with E-state index >= 15 is 0 Å². The highest BCUT2D eigenvalue weighted by Crippen LogP contribution is 2.37. The van der Waals surface area contributed by atoms with Crippen LogP contribution in [-0.2, 0) is 18.0 Å². The number of aliphatic hydroxyl groups is 1. The summed E-state index contributed by atoms with van der Waals surface area (Å²) in [6.07, 6.45) is -3.16. The first-order valence-electron chi connectivity index (χ1n) is 10.9. The Labute approximate surface area is 190 Å². The summed E-state index contributed by atoms with van der Waals surface area (Å²) in [7, 11) is 0. The van der Waals surface area contributed by atoms with Crippen molar-refractivity contribution >= 4 is 11.0 Å². The Morgan fingerprint density at radius 2 is 1.58 bits per heavy atom. The summed E-state index contributed by atoms with van der Waals surface area (Å²) in [6.45, 7) is 6.35. The van der Waals surface area contributed by atoms with Gasteiger partial charge >= 0.3 is 6.18 Å². The average Bonchev–Trinajstić information content (AvgIpc) is 3.21. The van der Waals surface area contributed by atoms with Crippen molar-refractivity contribution in [3.63, 3.8) is 0 Å². The average molecular weight is 454 g/mol. The highest BCUT2D eigenvalue weighted by Gasteiger charge is 2.31. The number of aryl methyl sites for hydroxylation is 1. The molecule has 0 spiro atoms. The molecule has 1 N–H and O–H groups in total. The van der Waals surface area contributed by atoms with E-state index in [1.807, 2.05) is 31.2 Å². The predicted octanol–water partition coefficient (Wildman–Crippen LogP) is 6.00. The van der Waals surface area contributed by atoms with Gasteiger partial charge in [-0.3, -0.25) is 0 Å². The number of aromatic nitrogens is 3. The van der Waals surface area contributed by atoms with E-state index in [0.29, 0.717) is 24.0 Å². The van der Waals surface area contributed by atoms with Crippen molar-refractivity contribution in [1.82, 2.24) is 15.0 Å². The maximum atomic E-state index is 13.2. The number of hydrogen-bond donors (Lipinski definition) is 1. The van der Waals surface area contributed by atoms with E-state index in [-0.39, 0.29) is 17.5 Å². The van der Waals surface area contributed by atoms with Crippen LogP contribution in [-0.4, -0.2) is 26.7 Å². The fraction of sp³-hybridized carbons (Fsp3) is 0.308. The lowest BCUT2D eigenvalue weighted by atomic mass is 9.75. The Kier molecular flexibility index (Phi) is 6.01. The van der Waals surface area contributed by atoms with Gasteiger partial charge in [-0.15, -0.1) is 10.2 Å². The molecule has 0 saturated carbocycles. The molecule has 0 aliphatic carbocycles.